The highest BCUT2D eigenvalue weighted by molar-refractivity contribution is 5.69. The predicted molar refractivity (Wildman–Crippen MR) is 80.2 cm³/mol. The SMILES string of the molecule is Cc1c(-c2ccc(C(C)C)cc2)c(CCN)nn1C. The highest BCUT2D eigenvalue weighted by atomic mass is 15.3. The highest BCUT2D eigenvalue weighted by Gasteiger charge is 2.14. The first-order valence-corrected chi connectivity index (χ1v) is 6.87. The van der Waals surface area contributed by atoms with Gasteiger partial charge in [0.15, 0.2) is 0 Å². The van der Waals surface area contributed by atoms with Gasteiger partial charge in [0.05, 0.1) is 5.69 Å². The molecule has 0 aliphatic heterocycles. The van der Waals surface area contributed by atoms with Crippen molar-refractivity contribution in [3.8, 4) is 11.1 Å². The molecule has 3 heteroatoms. The summed E-state index contributed by atoms with van der Waals surface area (Å²) in [5, 5.41) is 4.57. The van der Waals surface area contributed by atoms with Crippen LogP contribution in [0.4, 0.5) is 0 Å². The Morgan fingerprint density at radius 2 is 1.84 bits per heavy atom. The minimum Gasteiger partial charge on any atom is -0.330 e. The maximum Gasteiger partial charge on any atom is 0.0718 e. The van der Waals surface area contributed by atoms with Crippen molar-refractivity contribution in [1.29, 1.82) is 0 Å². The van der Waals surface area contributed by atoms with Crippen LogP contribution in [0.15, 0.2) is 24.3 Å². The van der Waals surface area contributed by atoms with Crippen molar-refractivity contribution in [2.75, 3.05) is 6.54 Å². The van der Waals surface area contributed by atoms with Crippen LogP contribution < -0.4 is 5.73 Å². The van der Waals surface area contributed by atoms with E-state index in [0.717, 1.165) is 12.1 Å². The zero-order chi connectivity index (χ0) is 14.0. The van der Waals surface area contributed by atoms with Gasteiger partial charge in [-0.15, -0.1) is 0 Å². The second-order valence-electron chi connectivity index (χ2n) is 5.35. The molecule has 0 fully saturated rings. The zero-order valence-electron chi connectivity index (χ0n) is 12.3. The number of aryl methyl sites for hydroxylation is 1. The first-order valence-electron chi connectivity index (χ1n) is 6.87. The lowest BCUT2D eigenvalue weighted by molar-refractivity contribution is 0.718. The van der Waals surface area contributed by atoms with E-state index in [0.29, 0.717) is 12.5 Å². The van der Waals surface area contributed by atoms with Gasteiger partial charge in [-0.05, 0) is 30.5 Å². The molecule has 0 radical (unpaired) electrons. The summed E-state index contributed by atoms with van der Waals surface area (Å²) in [5.41, 5.74) is 11.8. The average Bonchev–Trinajstić information content (AvgIpc) is 2.66. The van der Waals surface area contributed by atoms with Crippen molar-refractivity contribution in [3.05, 3.63) is 41.2 Å². The summed E-state index contributed by atoms with van der Waals surface area (Å²) < 4.78 is 1.94. The van der Waals surface area contributed by atoms with Gasteiger partial charge in [0, 0.05) is 24.7 Å². The Bertz CT molecular complexity index is 550. The number of nitrogens with two attached hydrogens (primary N) is 1. The molecular weight excluding hydrogens is 234 g/mol. The van der Waals surface area contributed by atoms with Gasteiger partial charge in [0.25, 0.3) is 0 Å². The molecular formula is C16H23N3. The molecule has 2 rings (SSSR count). The van der Waals surface area contributed by atoms with Crippen LogP contribution in [0.5, 0.6) is 0 Å². The first kappa shape index (κ1) is 13.8. The fraction of sp³-hybridized carbons (Fsp3) is 0.438. The van der Waals surface area contributed by atoms with Crippen molar-refractivity contribution < 1.29 is 0 Å². The van der Waals surface area contributed by atoms with E-state index in [9.17, 15) is 0 Å². The van der Waals surface area contributed by atoms with Crippen LogP contribution in [0.2, 0.25) is 0 Å². The lowest BCUT2D eigenvalue weighted by Crippen LogP contribution is -2.04. The molecule has 2 aromatic rings. The second-order valence-corrected chi connectivity index (χ2v) is 5.35. The highest BCUT2D eigenvalue weighted by Crippen LogP contribution is 2.28. The smallest absolute Gasteiger partial charge is 0.0718 e. The van der Waals surface area contributed by atoms with Crippen LogP contribution in [0, 0.1) is 6.92 Å². The quantitative estimate of drug-likeness (QED) is 0.915. The molecule has 1 aromatic carbocycles. The number of hydrogen-bond acceptors (Lipinski definition) is 2. The van der Waals surface area contributed by atoms with E-state index in [-0.39, 0.29) is 0 Å². The van der Waals surface area contributed by atoms with Crippen LogP contribution in [-0.4, -0.2) is 16.3 Å². The molecule has 0 amide bonds. The van der Waals surface area contributed by atoms with E-state index in [1.54, 1.807) is 0 Å². The Labute approximate surface area is 115 Å². The number of hydrogen-bond donors (Lipinski definition) is 1. The molecule has 0 aliphatic carbocycles. The Morgan fingerprint density at radius 3 is 2.37 bits per heavy atom. The van der Waals surface area contributed by atoms with Gasteiger partial charge in [-0.1, -0.05) is 38.1 Å². The lowest BCUT2D eigenvalue weighted by Gasteiger charge is -2.08. The normalized spacial score (nSPS) is 11.3. The van der Waals surface area contributed by atoms with E-state index in [1.165, 1.54) is 22.4 Å². The van der Waals surface area contributed by atoms with Crippen LogP contribution >= 0.6 is 0 Å². The van der Waals surface area contributed by atoms with Crippen LogP contribution in [-0.2, 0) is 13.5 Å². The topological polar surface area (TPSA) is 43.8 Å². The van der Waals surface area contributed by atoms with E-state index in [1.807, 2.05) is 11.7 Å². The summed E-state index contributed by atoms with van der Waals surface area (Å²) >= 11 is 0. The molecule has 0 saturated carbocycles. The van der Waals surface area contributed by atoms with E-state index in [2.05, 4.69) is 50.1 Å². The molecule has 1 heterocycles. The number of benzene rings is 1. The molecule has 2 N–H and O–H groups in total. The third kappa shape index (κ3) is 2.71. The molecule has 3 nitrogen and oxygen atoms in total. The summed E-state index contributed by atoms with van der Waals surface area (Å²) in [7, 11) is 1.99. The minimum atomic E-state index is 0.563. The summed E-state index contributed by atoms with van der Waals surface area (Å²) in [5.74, 6) is 0.563. The van der Waals surface area contributed by atoms with Crippen LogP contribution in [0.25, 0.3) is 11.1 Å². The largest absolute Gasteiger partial charge is 0.330 e. The maximum atomic E-state index is 5.68. The van der Waals surface area contributed by atoms with E-state index in [4.69, 9.17) is 5.73 Å². The van der Waals surface area contributed by atoms with Gasteiger partial charge >= 0.3 is 0 Å². The van der Waals surface area contributed by atoms with Gasteiger partial charge in [-0.3, -0.25) is 4.68 Å². The molecule has 19 heavy (non-hydrogen) atoms. The van der Waals surface area contributed by atoms with E-state index >= 15 is 0 Å². The van der Waals surface area contributed by atoms with Crippen LogP contribution in [0.1, 0.15) is 36.7 Å². The molecule has 0 spiro atoms. The fourth-order valence-corrected chi connectivity index (χ4v) is 2.40. The molecule has 0 aliphatic rings. The van der Waals surface area contributed by atoms with Crippen molar-refractivity contribution in [1.82, 2.24) is 9.78 Å². The Kier molecular flexibility index (Phi) is 4.05. The van der Waals surface area contributed by atoms with Crippen LogP contribution in [0.3, 0.4) is 0 Å². The van der Waals surface area contributed by atoms with Crippen molar-refractivity contribution in [2.24, 2.45) is 12.8 Å². The summed E-state index contributed by atoms with van der Waals surface area (Å²) in [4.78, 5) is 0. The third-order valence-electron chi connectivity index (χ3n) is 3.65. The Hall–Kier alpha value is -1.61. The maximum absolute atomic E-state index is 5.68. The van der Waals surface area contributed by atoms with Crippen molar-refractivity contribution >= 4 is 0 Å². The molecule has 0 atom stereocenters. The van der Waals surface area contributed by atoms with Crippen molar-refractivity contribution in [2.45, 2.75) is 33.1 Å². The second kappa shape index (κ2) is 5.57. The zero-order valence-corrected chi connectivity index (χ0v) is 12.3. The summed E-state index contributed by atoms with van der Waals surface area (Å²) in [6, 6.07) is 8.80. The molecule has 1 aromatic heterocycles. The predicted octanol–water partition coefficient (Wildman–Crippen LogP) is 3.02. The van der Waals surface area contributed by atoms with Gasteiger partial charge < -0.3 is 5.73 Å². The number of rotatable bonds is 4. The van der Waals surface area contributed by atoms with Gasteiger partial charge in [-0.2, -0.15) is 5.10 Å². The van der Waals surface area contributed by atoms with E-state index < -0.39 is 0 Å². The average molecular weight is 257 g/mol. The first-order chi connectivity index (χ1) is 9.04. The molecule has 102 valence electrons. The fourth-order valence-electron chi connectivity index (χ4n) is 2.40. The standard InChI is InChI=1S/C16H23N3/c1-11(2)13-5-7-14(8-6-13)16-12(3)19(4)18-15(16)9-10-17/h5-8,11H,9-10,17H2,1-4H3. The molecule has 0 saturated heterocycles. The summed E-state index contributed by atoms with van der Waals surface area (Å²) in [6.45, 7) is 7.17. The minimum absolute atomic E-state index is 0.563. The van der Waals surface area contributed by atoms with Gasteiger partial charge in [-0.25, -0.2) is 0 Å². The van der Waals surface area contributed by atoms with Gasteiger partial charge in [0.1, 0.15) is 0 Å². The lowest BCUT2D eigenvalue weighted by atomic mass is 9.97. The number of nitrogens with zero attached hydrogens (tertiary/aromatic N) is 2. The summed E-state index contributed by atoms with van der Waals surface area (Å²) in [6.07, 6.45) is 0.822. The number of aromatic nitrogens is 2. The molecule has 0 unspecified atom stereocenters. The van der Waals surface area contributed by atoms with Crippen molar-refractivity contribution in [3.63, 3.8) is 0 Å². The molecule has 0 bridgehead atoms. The Morgan fingerprint density at radius 1 is 1.21 bits per heavy atom. The third-order valence-corrected chi connectivity index (χ3v) is 3.65. The monoisotopic (exact) mass is 257 g/mol. The van der Waals surface area contributed by atoms with Gasteiger partial charge in [0.2, 0.25) is 0 Å². The Balaban J connectivity index is 2.45.